The molecule has 0 spiro atoms. The number of fused-ring (bicyclic) bond motifs is 3. The maximum atomic E-state index is 2.44. The van der Waals surface area contributed by atoms with Crippen molar-refractivity contribution in [3.8, 4) is 0 Å². The highest BCUT2D eigenvalue weighted by atomic mass is 14.9. The van der Waals surface area contributed by atoms with Gasteiger partial charge in [-0.3, -0.25) is 0 Å². The molecule has 0 bridgehead atoms. The van der Waals surface area contributed by atoms with E-state index in [1.165, 1.54) is 52.2 Å². The van der Waals surface area contributed by atoms with E-state index < -0.39 is 0 Å². The van der Waals surface area contributed by atoms with Gasteiger partial charge in [0.25, 0.3) is 0 Å². The average molecular weight is 277 g/mol. The molecule has 1 aromatic heterocycles. The number of hydrogen-bond acceptors (Lipinski definition) is 0. The molecule has 1 aliphatic carbocycles. The van der Waals surface area contributed by atoms with Crippen molar-refractivity contribution in [2.75, 3.05) is 0 Å². The van der Waals surface area contributed by atoms with Gasteiger partial charge in [-0.25, -0.2) is 0 Å². The Morgan fingerprint density at radius 1 is 0.952 bits per heavy atom. The molecular formula is C20H23N. The fourth-order valence-corrected chi connectivity index (χ4v) is 4.09. The van der Waals surface area contributed by atoms with Crippen LogP contribution < -0.4 is 0 Å². The number of rotatable bonds is 1. The number of aromatic nitrogens is 1. The molecular weight excluding hydrogens is 254 g/mol. The van der Waals surface area contributed by atoms with Gasteiger partial charge in [0.15, 0.2) is 0 Å². The Bertz CT molecular complexity index is 825. The third-order valence-corrected chi connectivity index (χ3v) is 5.35. The molecule has 0 saturated heterocycles. The fraction of sp³-hybridized carbons (Fsp3) is 0.400. The van der Waals surface area contributed by atoms with Crippen molar-refractivity contribution < 1.29 is 0 Å². The van der Waals surface area contributed by atoms with E-state index in [0.717, 1.165) is 11.8 Å². The van der Waals surface area contributed by atoms with Gasteiger partial charge in [-0.15, -0.1) is 0 Å². The second-order valence-electron chi connectivity index (χ2n) is 6.97. The van der Waals surface area contributed by atoms with Crippen LogP contribution in [0.2, 0.25) is 0 Å². The molecule has 1 nitrogen and oxygen atoms in total. The Morgan fingerprint density at radius 2 is 1.67 bits per heavy atom. The van der Waals surface area contributed by atoms with E-state index in [0.29, 0.717) is 0 Å². The van der Waals surface area contributed by atoms with E-state index in [-0.39, 0.29) is 0 Å². The molecule has 1 saturated carbocycles. The van der Waals surface area contributed by atoms with Gasteiger partial charge >= 0.3 is 0 Å². The molecule has 4 rings (SSSR count). The first-order chi connectivity index (χ1) is 10.1. The average Bonchev–Trinajstić information content (AvgIpc) is 3.02. The number of benzene rings is 2. The zero-order valence-electron chi connectivity index (χ0n) is 13.2. The minimum absolute atomic E-state index is 0.768. The van der Waals surface area contributed by atoms with Crippen LogP contribution in [0.4, 0.5) is 0 Å². The van der Waals surface area contributed by atoms with Crippen molar-refractivity contribution in [2.45, 2.75) is 39.0 Å². The lowest BCUT2D eigenvalue weighted by Gasteiger charge is -2.10. The second-order valence-corrected chi connectivity index (χ2v) is 6.97. The first kappa shape index (κ1) is 12.9. The van der Waals surface area contributed by atoms with Gasteiger partial charge in [0.1, 0.15) is 0 Å². The largest absolute Gasteiger partial charge is 0.344 e. The van der Waals surface area contributed by atoms with Crippen LogP contribution in [0.3, 0.4) is 0 Å². The molecule has 1 heteroatoms. The van der Waals surface area contributed by atoms with Gasteiger partial charge in [-0.05, 0) is 54.9 Å². The third kappa shape index (κ3) is 1.98. The summed E-state index contributed by atoms with van der Waals surface area (Å²) < 4.78 is 2.36. The van der Waals surface area contributed by atoms with Crippen LogP contribution >= 0.6 is 0 Å². The standard InChI is InChI=1S/C20H23N/c1-13-4-6-15(10-13)16-7-9-18-17-8-5-14(2)11-19(17)21(3)20(18)12-16/h5,7-9,11-13,15H,4,6,10H2,1-3H3/t13-,15?/m1/s1. The maximum absolute atomic E-state index is 2.44. The van der Waals surface area contributed by atoms with E-state index in [1.807, 2.05) is 0 Å². The normalized spacial score (nSPS) is 22.4. The molecule has 21 heavy (non-hydrogen) atoms. The molecule has 108 valence electrons. The van der Waals surface area contributed by atoms with Crippen LogP contribution in [0.15, 0.2) is 36.4 Å². The van der Waals surface area contributed by atoms with Crippen LogP contribution in [0.25, 0.3) is 21.8 Å². The number of aryl methyl sites for hydroxylation is 2. The van der Waals surface area contributed by atoms with Gasteiger partial charge in [0, 0.05) is 28.9 Å². The van der Waals surface area contributed by atoms with Crippen molar-refractivity contribution in [3.05, 3.63) is 47.5 Å². The van der Waals surface area contributed by atoms with E-state index in [1.54, 1.807) is 0 Å². The summed E-state index contributed by atoms with van der Waals surface area (Å²) >= 11 is 0. The SMILES string of the molecule is Cc1ccc2c3ccc(C4CC[C@@H](C)C4)cc3n(C)c2c1. The molecule has 1 unspecified atom stereocenters. The fourth-order valence-electron chi connectivity index (χ4n) is 4.09. The van der Waals surface area contributed by atoms with Crippen molar-refractivity contribution in [2.24, 2.45) is 13.0 Å². The molecule has 2 atom stereocenters. The summed E-state index contributed by atoms with van der Waals surface area (Å²) in [4.78, 5) is 0. The second kappa shape index (κ2) is 4.62. The molecule has 0 N–H and O–H groups in total. The Kier molecular flexibility index (Phi) is 2.85. The zero-order chi connectivity index (χ0) is 14.6. The van der Waals surface area contributed by atoms with Gasteiger partial charge in [-0.2, -0.15) is 0 Å². The lowest BCUT2D eigenvalue weighted by atomic mass is 9.95. The molecule has 0 amide bonds. The molecule has 0 radical (unpaired) electrons. The zero-order valence-corrected chi connectivity index (χ0v) is 13.2. The predicted molar refractivity (Wildman–Crippen MR) is 90.9 cm³/mol. The first-order valence-electron chi connectivity index (χ1n) is 8.12. The lowest BCUT2D eigenvalue weighted by Crippen LogP contribution is -1.94. The van der Waals surface area contributed by atoms with E-state index in [9.17, 15) is 0 Å². The Labute approximate surface area is 126 Å². The van der Waals surface area contributed by atoms with Crippen LogP contribution in [-0.2, 0) is 7.05 Å². The van der Waals surface area contributed by atoms with E-state index >= 15 is 0 Å². The maximum Gasteiger partial charge on any atom is 0.0491 e. The van der Waals surface area contributed by atoms with Crippen molar-refractivity contribution in [3.63, 3.8) is 0 Å². The smallest absolute Gasteiger partial charge is 0.0491 e. The van der Waals surface area contributed by atoms with Gasteiger partial charge in [-0.1, -0.05) is 37.6 Å². The third-order valence-electron chi connectivity index (χ3n) is 5.35. The Balaban J connectivity index is 1.91. The lowest BCUT2D eigenvalue weighted by molar-refractivity contribution is 0.596. The monoisotopic (exact) mass is 277 g/mol. The Morgan fingerprint density at radius 3 is 2.38 bits per heavy atom. The predicted octanol–water partition coefficient (Wildman–Crippen LogP) is 5.54. The first-order valence-corrected chi connectivity index (χ1v) is 8.12. The van der Waals surface area contributed by atoms with Crippen LogP contribution in [0.5, 0.6) is 0 Å². The van der Waals surface area contributed by atoms with Crippen molar-refractivity contribution in [1.82, 2.24) is 4.57 Å². The molecule has 1 aliphatic rings. The minimum Gasteiger partial charge on any atom is -0.344 e. The van der Waals surface area contributed by atoms with Crippen LogP contribution in [-0.4, -0.2) is 4.57 Å². The molecule has 3 aromatic rings. The number of hydrogen-bond donors (Lipinski definition) is 0. The van der Waals surface area contributed by atoms with Crippen molar-refractivity contribution >= 4 is 21.8 Å². The van der Waals surface area contributed by atoms with E-state index in [2.05, 4.69) is 61.9 Å². The highest BCUT2D eigenvalue weighted by Crippen LogP contribution is 2.39. The Hall–Kier alpha value is -1.76. The summed E-state index contributed by atoms with van der Waals surface area (Å²) in [5, 5.41) is 2.77. The van der Waals surface area contributed by atoms with Gasteiger partial charge in [0.2, 0.25) is 0 Å². The number of nitrogens with zero attached hydrogens (tertiary/aromatic N) is 1. The minimum atomic E-state index is 0.768. The topological polar surface area (TPSA) is 4.93 Å². The van der Waals surface area contributed by atoms with E-state index in [4.69, 9.17) is 0 Å². The molecule has 1 heterocycles. The molecule has 2 aromatic carbocycles. The highest BCUT2D eigenvalue weighted by Gasteiger charge is 2.23. The quantitative estimate of drug-likeness (QED) is 0.550. The summed E-state index contributed by atoms with van der Waals surface area (Å²) in [6.45, 7) is 4.56. The summed E-state index contributed by atoms with van der Waals surface area (Å²) in [5.74, 6) is 1.66. The van der Waals surface area contributed by atoms with Gasteiger partial charge in [0.05, 0.1) is 0 Å². The molecule has 0 aliphatic heterocycles. The van der Waals surface area contributed by atoms with Crippen LogP contribution in [0, 0.1) is 12.8 Å². The molecule has 1 fully saturated rings. The summed E-state index contributed by atoms with van der Waals surface area (Å²) in [5.41, 5.74) is 5.60. The van der Waals surface area contributed by atoms with Crippen LogP contribution in [0.1, 0.15) is 43.2 Å². The summed E-state index contributed by atoms with van der Waals surface area (Å²) in [6.07, 6.45) is 4.10. The summed E-state index contributed by atoms with van der Waals surface area (Å²) in [6, 6.07) is 13.9. The highest BCUT2D eigenvalue weighted by molar-refractivity contribution is 6.08. The van der Waals surface area contributed by atoms with Crippen molar-refractivity contribution in [1.29, 1.82) is 0 Å². The van der Waals surface area contributed by atoms with Gasteiger partial charge < -0.3 is 4.57 Å². The summed E-state index contributed by atoms with van der Waals surface area (Å²) in [7, 11) is 2.20.